The maximum absolute atomic E-state index is 12.3. The van der Waals surface area contributed by atoms with Crippen LogP contribution in [0.2, 0.25) is 0 Å². The number of amides is 1. The second-order valence-corrected chi connectivity index (χ2v) is 6.20. The molecule has 0 spiro atoms. The SMILES string of the molecule is COc1ccc(CCC(C)NC(=O)c2cc(-c3ccccc3)no2)cc1. The number of rotatable bonds is 7. The highest BCUT2D eigenvalue weighted by Crippen LogP contribution is 2.18. The van der Waals surface area contributed by atoms with Gasteiger partial charge in [0, 0.05) is 17.7 Å². The van der Waals surface area contributed by atoms with Crippen molar-refractivity contribution in [1.82, 2.24) is 10.5 Å². The van der Waals surface area contributed by atoms with Crippen molar-refractivity contribution >= 4 is 5.91 Å². The average molecular weight is 350 g/mol. The molecule has 0 aliphatic carbocycles. The molecule has 3 rings (SSSR count). The largest absolute Gasteiger partial charge is 0.497 e. The molecule has 0 saturated carbocycles. The summed E-state index contributed by atoms with van der Waals surface area (Å²) < 4.78 is 10.4. The van der Waals surface area contributed by atoms with Gasteiger partial charge in [-0.15, -0.1) is 0 Å². The highest BCUT2D eigenvalue weighted by Gasteiger charge is 2.16. The fraction of sp³-hybridized carbons (Fsp3) is 0.238. The third kappa shape index (κ3) is 4.51. The van der Waals surface area contributed by atoms with Gasteiger partial charge < -0.3 is 14.6 Å². The van der Waals surface area contributed by atoms with E-state index >= 15 is 0 Å². The number of aromatic nitrogens is 1. The molecule has 1 unspecified atom stereocenters. The number of nitrogens with one attached hydrogen (secondary N) is 1. The molecule has 3 aromatic rings. The van der Waals surface area contributed by atoms with E-state index in [-0.39, 0.29) is 17.7 Å². The molecule has 0 saturated heterocycles. The Bertz CT molecular complexity index is 841. The number of benzene rings is 2. The Morgan fingerprint density at radius 1 is 1.15 bits per heavy atom. The molecule has 1 aromatic heterocycles. The van der Waals surface area contributed by atoms with Gasteiger partial charge in [0.2, 0.25) is 5.76 Å². The Labute approximate surface area is 153 Å². The first kappa shape index (κ1) is 17.7. The Morgan fingerprint density at radius 3 is 2.58 bits per heavy atom. The molecule has 5 nitrogen and oxygen atoms in total. The lowest BCUT2D eigenvalue weighted by atomic mass is 10.1. The zero-order valence-electron chi connectivity index (χ0n) is 14.9. The van der Waals surface area contributed by atoms with E-state index in [0.29, 0.717) is 5.69 Å². The van der Waals surface area contributed by atoms with Gasteiger partial charge in [-0.1, -0.05) is 47.6 Å². The van der Waals surface area contributed by atoms with Crippen LogP contribution in [0.25, 0.3) is 11.3 Å². The maximum atomic E-state index is 12.3. The molecule has 0 bridgehead atoms. The van der Waals surface area contributed by atoms with Gasteiger partial charge in [-0.05, 0) is 37.5 Å². The van der Waals surface area contributed by atoms with Gasteiger partial charge in [0.15, 0.2) is 0 Å². The van der Waals surface area contributed by atoms with Gasteiger partial charge in [0.1, 0.15) is 11.4 Å². The summed E-state index contributed by atoms with van der Waals surface area (Å²) in [5, 5.41) is 6.93. The molecule has 5 heteroatoms. The number of aryl methyl sites for hydroxylation is 1. The molecular weight excluding hydrogens is 328 g/mol. The van der Waals surface area contributed by atoms with Crippen LogP contribution in [0.3, 0.4) is 0 Å². The van der Waals surface area contributed by atoms with Crippen molar-refractivity contribution in [2.24, 2.45) is 0 Å². The summed E-state index contributed by atoms with van der Waals surface area (Å²) in [4.78, 5) is 12.3. The van der Waals surface area contributed by atoms with E-state index in [0.717, 1.165) is 24.2 Å². The number of nitrogens with zero attached hydrogens (tertiary/aromatic N) is 1. The molecule has 2 aromatic carbocycles. The normalized spacial score (nSPS) is 11.8. The third-order valence-electron chi connectivity index (χ3n) is 4.21. The zero-order chi connectivity index (χ0) is 18.4. The Kier molecular flexibility index (Phi) is 5.69. The third-order valence-corrected chi connectivity index (χ3v) is 4.21. The van der Waals surface area contributed by atoms with E-state index in [9.17, 15) is 4.79 Å². The van der Waals surface area contributed by atoms with Crippen LogP contribution in [0.15, 0.2) is 65.2 Å². The van der Waals surface area contributed by atoms with Gasteiger partial charge in [0.05, 0.1) is 7.11 Å². The molecule has 26 heavy (non-hydrogen) atoms. The predicted molar refractivity (Wildman–Crippen MR) is 100 cm³/mol. The molecule has 1 heterocycles. The molecule has 0 aliphatic heterocycles. The van der Waals surface area contributed by atoms with Crippen LogP contribution in [0.4, 0.5) is 0 Å². The minimum Gasteiger partial charge on any atom is -0.497 e. The highest BCUT2D eigenvalue weighted by molar-refractivity contribution is 5.92. The summed E-state index contributed by atoms with van der Waals surface area (Å²) in [6.45, 7) is 1.98. The van der Waals surface area contributed by atoms with Crippen molar-refractivity contribution in [3.05, 3.63) is 72.0 Å². The Balaban J connectivity index is 1.53. The maximum Gasteiger partial charge on any atom is 0.290 e. The van der Waals surface area contributed by atoms with Crippen molar-refractivity contribution < 1.29 is 14.1 Å². The number of carbonyl (C=O) groups excluding carboxylic acids is 1. The van der Waals surface area contributed by atoms with Crippen molar-refractivity contribution in [1.29, 1.82) is 0 Å². The van der Waals surface area contributed by atoms with E-state index in [1.54, 1.807) is 13.2 Å². The first-order valence-corrected chi connectivity index (χ1v) is 8.61. The smallest absolute Gasteiger partial charge is 0.290 e. The molecule has 0 radical (unpaired) electrons. The van der Waals surface area contributed by atoms with E-state index in [2.05, 4.69) is 10.5 Å². The van der Waals surface area contributed by atoms with Crippen LogP contribution in [-0.2, 0) is 6.42 Å². The summed E-state index contributed by atoms with van der Waals surface area (Å²) in [6, 6.07) is 19.3. The first-order valence-electron chi connectivity index (χ1n) is 8.61. The summed E-state index contributed by atoms with van der Waals surface area (Å²) >= 11 is 0. The molecular formula is C21H22N2O3. The van der Waals surface area contributed by atoms with Crippen LogP contribution < -0.4 is 10.1 Å². The van der Waals surface area contributed by atoms with E-state index in [1.807, 2.05) is 61.5 Å². The van der Waals surface area contributed by atoms with Gasteiger partial charge in [0.25, 0.3) is 5.91 Å². The van der Waals surface area contributed by atoms with Crippen molar-refractivity contribution in [2.75, 3.05) is 7.11 Å². The molecule has 1 N–H and O–H groups in total. The van der Waals surface area contributed by atoms with Crippen LogP contribution in [-0.4, -0.2) is 24.2 Å². The van der Waals surface area contributed by atoms with Crippen molar-refractivity contribution in [3.8, 4) is 17.0 Å². The molecule has 134 valence electrons. The number of ether oxygens (including phenoxy) is 1. The lowest BCUT2D eigenvalue weighted by Crippen LogP contribution is -2.32. The summed E-state index contributed by atoms with van der Waals surface area (Å²) in [7, 11) is 1.65. The van der Waals surface area contributed by atoms with Crippen molar-refractivity contribution in [2.45, 2.75) is 25.8 Å². The number of methoxy groups -OCH3 is 1. The fourth-order valence-corrected chi connectivity index (χ4v) is 2.67. The second kappa shape index (κ2) is 8.34. The van der Waals surface area contributed by atoms with Gasteiger partial charge >= 0.3 is 0 Å². The van der Waals surface area contributed by atoms with E-state index in [4.69, 9.17) is 9.26 Å². The molecule has 0 fully saturated rings. The molecule has 1 atom stereocenters. The number of hydrogen-bond donors (Lipinski definition) is 1. The number of carbonyl (C=O) groups is 1. The summed E-state index contributed by atoms with van der Waals surface area (Å²) in [5.41, 5.74) is 2.78. The average Bonchev–Trinajstić information content (AvgIpc) is 3.18. The minimum absolute atomic E-state index is 0.0230. The lowest BCUT2D eigenvalue weighted by molar-refractivity contribution is 0.0901. The summed E-state index contributed by atoms with van der Waals surface area (Å²) in [6.07, 6.45) is 1.70. The number of hydrogen-bond acceptors (Lipinski definition) is 4. The van der Waals surface area contributed by atoms with E-state index < -0.39 is 0 Å². The second-order valence-electron chi connectivity index (χ2n) is 6.20. The van der Waals surface area contributed by atoms with Crippen LogP contribution >= 0.6 is 0 Å². The van der Waals surface area contributed by atoms with Gasteiger partial charge in [-0.25, -0.2) is 0 Å². The Morgan fingerprint density at radius 2 is 1.88 bits per heavy atom. The van der Waals surface area contributed by atoms with Gasteiger partial charge in [-0.2, -0.15) is 0 Å². The van der Waals surface area contributed by atoms with Gasteiger partial charge in [-0.3, -0.25) is 4.79 Å². The first-order chi connectivity index (χ1) is 12.7. The predicted octanol–water partition coefficient (Wildman–Crippen LogP) is 4.10. The van der Waals surface area contributed by atoms with Crippen molar-refractivity contribution in [3.63, 3.8) is 0 Å². The summed E-state index contributed by atoms with van der Waals surface area (Å²) in [5.74, 6) is 0.816. The monoisotopic (exact) mass is 350 g/mol. The Hall–Kier alpha value is -3.08. The lowest BCUT2D eigenvalue weighted by Gasteiger charge is -2.12. The van der Waals surface area contributed by atoms with Crippen LogP contribution in [0.1, 0.15) is 29.5 Å². The molecule has 1 amide bonds. The fourth-order valence-electron chi connectivity index (χ4n) is 2.67. The molecule has 0 aliphatic rings. The van der Waals surface area contributed by atoms with Crippen LogP contribution in [0, 0.1) is 0 Å². The van der Waals surface area contributed by atoms with E-state index in [1.165, 1.54) is 5.56 Å². The van der Waals surface area contributed by atoms with Crippen LogP contribution in [0.5, 0.6) is 5.75 Å². The quantitative estimate of drug-likeness (QED) is 0.697. The zero-order valence-corrected chi connectivity index (χ0v) is 14.9. The highest BCUT2D eigenvalue weighted by atomic mass is 16.5. The topological polar surface area (TPSA) is 64.4 Å². The standard InChI is InChI=1S/C21H22N2O3/c1-15(8-9-16-10-12-18(25-2)13-11-16)22-21(24)20-14-19(23-26-20)17-6-4-3-5-7-17/h3-7,10-15H,8-9H2,1-2H3,(H,22,24). The minimum atomic E-state index is -0.248.